The number of rotatable bonds is 3. The van der Waals surface area contributed by atoms with Crippen LogP contribution in [0.1, 0.15) is 27.7 Å². The normalized spacial score (nSPS) is 25.1. The van der Waals surface area contributed by atoms with Crippen molar-refractivity contribution in [2.75, 3.05) is 6.61 Å². The van der Waals surface area contributed by atoms with E-state index >= 15 is 0 Å². The van der Waals surface area contributed by atoms with Crippen LogP contribution in [0.25, 0.3) is 0 Å². The van der Waals surface area contributed by atoms with Crippen molar-refractivity contribution in [3.63, 3.8) is 0 Å². The summed E-state index contributed by atoms with van der Waals surface area (Å²) in [6, 6.07) is 0. The fourth-order valence-corrected chi connectivity index (χ4v) is 4.77. The van der Waals surface area contributed by atoms with E-state index in [0.717, 1.165) is 0 Å². The highest BCUT2D eigenvalue weighted by Gasteiger charge is 2.63. The lowest BCUT2D eigenvalue weighted by Crippen LogP contribution is -2.40. The van der Waals surface area contributed by atoms with Crippen molar-refractivity contribution in [2.24, 2.45) is 5.41 Å². The Bertz CT molecular complexity index is 331. The molecule has 0 spiro atoms. The van der Waals surface area contributed by atoms with Crippen LogP contribution in [0.5, 0.6) is 0 Å². The Morgan fingerprint density at radius 2 is 1.88 bits per heavy atom. The SMILES string of the molecule is CCOC(=O)C1([Si](C)(C)C)C=C1C(C)(C)C. The molecule has 1 atom stereocenters. The van der Waals surface area contributed by atoms with Gasteiger partial charge >= 0.3 is 5.97 Å². The van der Waals surface area contributed by atoms with Crippen LogP contribution in [0.15, 0.2) is 11.6 Å². The maximum absolute atomic E-state index is 12.2. The Balaban J connectivity index is 3.00. The molecule has 0 N–H and O–H groups in total. The summed E-state index contributed by atoms with van der Waals surface area (Å²) < 4.78 is 5.26. The molecule has 0 aromatic carbocycles. The second-order valence-electron chi connectivity index (χ2n) is 6.59. The van der Waals surface area contributed by atoms with Gasteiger partial charge in [-0.3, -0.25) is 4.79 Å². The van der Waals surface area contributed by atoms with Crippen LogP contribution in [0.3, 0.4) is 0 Å². The summed E-state index contributed by atoms with van der Waals surface area (Å²) in [6.45, 7) is 15.5. The first kappa shape index (κ1) is 13.5. The molecule has 0 aromatic heterocycles. The van der Waals surface area contributed by atoms with Crippen molar-refractivity contribution in [3.8, 4) is 0 Å². The largest absolute Gasteiger partial charge is 0.465 e. The molecule has 0 aromatic rings. The molecular weight excluding hydrogens is 216 g/mol. The second kappa shape index (κ2) is 3.72. The molecule has 16 heavy (non-hydrogen) atoms. The predicted molar refractivity (Wildman–Crippen MR) is 70.2 cm³/mol. The van der Waals surface area contributed by atoms with E-state index in [4.69, 9.17) is 4.74 Å². The Morgan fingerprint density at radius 1 is 1.38 bits per heavy atom. The molecule has 0 radical (unpaired) electrons. The Labute approximate surface area is 100 Å². The molecule has 0 bridgehead atoms. The zero-order valence-corrected chi connectivity index (χ0v) is 12.6. The van der Waals surface area contributed by atoms with Crippen LogP contribution in [-0.4, -0.2) is 20.7 Å². The minimum absolute atomic E-state index is 0.0286. The van der Waals surface area contributed by atoms with Crippen molar-refractivity contribution in [1.82, 2.24) is 0 Å². The maximum atomic E-state index is 12.2. The summed E-state index contributed by atoms with van der Waals surface area (Å²) in [5.74, 6) is -0.0286. The lowest BCUT2D eigenvalue weighted by molar-refractivity contribution is -0.143. The van der Waals surface area contributed by atoms with Crippen LogP contribution in [0, 0.1) is 5.41 Å². The number of carbonyl (C=O) groups excluding carboxylic acids is 1. The van der Waals surface area contributed by atoms with Crippen LogP contribution in [-0.2, 0) is 9.53 Å². The number of carbonyl (C=O) groups is 1. The zero-order chi connectivity index (χ0) is 12.8. The highest BCUT2D eigenvalue weighted by molar-refractivity contribution is 6.85. The third-order valence-corrected chi connectivity index (χ3v) is 6.27. The average Bonchev–Trinajstić information content (AvgIpc) is 2.76. The number of hydrogen-bond donors (Lipinski definition) is 0. The summed E-state index contributed by atoms with van der Waals surface area (Å²) in [5, 5.41) is -0.332. The van der Waals surface area contributed by atoms with Crippen LogP contribution < -0.4 is 0 Å². The molecule has 92 valence electrons. The molecule has 0 aliphatic heterocycles. The lowest BCUT2D eigenvalue weighted by atomic mass is 9.90. The van der Waals surface area contributed by atoms with E-state index in [1.165, 1.54) is 5.57 Å². The molecule has 1 aliphatic rings. The fourth-order valence-electron chi connectivity index (χ4n) is 2.33. The molecule has 1 aliphatic carbocycles. The quantitative estimate of drug-likeness (QED) is 0.428. The first-order chi connectivity index (χ1) is 7.07. The van der Waals surface area contributed by atoms with Gasteiger partial charge in [0, 0.05) is 0 Å². The molecule has 1 rings (SSSR count). The summed E-state index contributed by atoms with van der Waals surface area (Å²) >= 11 is 0. The van der Waals surface area contributed by atoms with E-state index in [1.54, 1.807) is 0 Å². The molecule has 0 fully saturated rings. The van der Waals surface area contributed by atoms with E-state index in [0.29, 0.717) is 6.61 Å². The van der Waals surface area contributed by atoms with Crippen LogP contribution in [0.2, 0.25) is 24.7 Å². The number of esters is 1. The molecule has 0 amide bonds. The molecule has 1 unspecified atom stereocenters. The minimum Gasteiger partial charge on any atom is -0.465 e. The summed E-state index contributed by atoms with van der Waals surface area (Å²) in [5.41, 5.74) is 1.35. The topological polar surface area (TPSA) is 26.3 Å². The summed E-state index contributed by atoms with van der Waals surface area (Å²) in [6.07, 6.45) is 2.15. The van der Waals surface area contributed by atoms with Gasteiger partial charge in [0.25, 0.3) is 0 Å². The lowest BCUT2D eigenvalue weighted by Gasteiger charge is -2.33. The van der Waals surface area contributed by atoms with Gasteiger partial charge in [-0.1, -0.05) is 46.5 Å². The molecule has 0 saturated heterocycles. The minimum atomic E-state index is -1.61. The Hall–Kier alpha value is -0.573. The standard InChI is InChI=1S/C13H24O2Si/c1-8-15-11(14)13(16(5,6)7)9-10(13)12(2,3)4/h9H,8H2,1-7H3. The van der Waals surface area contributed by atoms with E-state index in [-0.39, 0.29) is 16.4 Å². The molecule has 0 saturated carbocycles. The van der Waals surface area contributed by atoms with Gasteiger partial charge in [0.2, 0.25) is 0 Å². The smallest absolute Gasteiger partial charge is 0.317 e. The van der Waals surface area contributed by atoms with Gasteiger partial charge in [-0.25, -0.2) is 0 Å². The van der Waals surface area contributed by atoms with Crippen molar-refractivity contribution < 1.29 is 9.53 Å². The predicted octanol–water partition coefficient (Wildman–Crippen LogP) is 3.61. The van der Waals surface area contributed by atoms with Gasteiger partial charge in [0.1, 0.15) is 0 Å². The van der Waals surface area contributed by atoms with Crippen molar-refractivity contribution in [2.45, 2.75) is 52.4 Å². The Kier molecular flexibility index (Phi) is 3.14. The van der Waals surface area contributed by atoms with Gasteiger partial charge in [0.05, 0.1) is 19.7 Å². The van der Waals surface area contributed by atoms with Gasteiger partial charge in [-0.05, 0) is 17.9 Å². The van der Waals surface area contributed by atoms with Crippen molar-refractivity contribution in [3.05, 3.63) is 11.6 Å². The van der Waals surface area contributed by atoms with E-state index in [2.05, 4.69) is 46.5 Å². The highest BCUT2D eigenvalue weighted by Crippen LogP contribution is 2.65. The van der Waals surface area contributed by atoms with Gasteiger partial charge < -0.3 is 4.74 Å². The highest BCUT2D eigenvalue weighted by atomic mass is 28.3. The first-order valence-corrected chi connectivity index (χ1v) is 9.48. The molecule has 0 heterocycles. The molecule has 2 nitrogen and oxygen atoms in total. The van der Waals surface area contributed by atoms with Gasteiger partial charge in [0.15, 0.2) is 0 Å². The van der Waals surface area contributed by atoms with Gasteiger partial charge in [-0.15, -0.1) is 0 Å². The monoisotopic (exact) mass is 240 g/mol. The maximum Gasteiger partial charge on any atom is 0.317 e. The second-order valence-corrected chi connectivity index (χ2v) is 11.9. The fraction of sp³-hybridized carbons (Fsp3) is 0.769. The van der Waals surface area contributed by atoms with Crippen molar-refractivity contribution in [1.29, 1.82) is 0 Å². The average molecular weight is 240 g/mol. The number of ether oxygens (including phenoxy) is 1. The van der Waals surface area contributed by atoms with Crippen molar-refractivity contribution >= 4 is 14.0 Å². The molecular formula is C13H24O2Si. The third-order valence-electron chi connectivity index (χ3n) is 3.29. The van der Waals surface area contributed by atoms with E-state index < -0.39 is 8.07 Å². The Morgan fingerprint density at radius 3 is 2.12 bits per heavy atom. The summed E-state index contributed by atoms with van der Waals surface area (Å²) in [4.78, 5) is 12.2. The molecule has 3 heteroatoms. The van der Waals surface area contributed by atoms with Crippen LogP contribution >= 0.6 is 0 Å². The van der Waals surface area contributed by atoms with E-state index in [9.17, 15) is 4.79 Å². The zero-order valence-electron chi connectivity index (χ0n) is 11.6. The van der Waals surface area contributed by atoms with Gasteiger partial charge in [-0.2, -0.15) is 0 Å². The van der Waals surface area contributed by atoms with E-state index in [1.807, 2.05) is 6.92 Å². The van der Waals surface area contributed by atoms with Crippen LogP contribution in [0.4, 0.5) is 0 Å². The number of hydrogen-bond acceptors (Lipinski definition) is 2. The third kappa shape index (κ3) is 1.97. The summed E-state index contributed by atoms with van der Waals surface area (Å²) in [7, 11) is -1.61. The first-order valence-electron chi connectivity index (χ1n) is 5.98.